The molecule has 1 aromatic carbocycles. The van der Waals surface area contributed by atoms with Gasteiger partial charge in [0.15, 0.2) is 0 Å². The molecule has 1 aromatic rings. The number of hydrogen-bond donors (Lipinski definition) is 3. The van der Waals surface area contributed by atoms with Crippen molar-refractivity contribution in [1.29, 1.82) is 0 Å². The van der Waals surface area contributed by atoms with Crippen LogP contribution in [0, 0.1) is 0 Å². The van der Waals surface area contributed by atoms with Gasteiger partial charge in [-0.25, -0.2) is 13.1 Å². The van der Waals surface area contributed by atoms with E-state index in [-0.39, 0.29) is 11.5 Å². The third-order valence-corrected chi connectivity index (χ3v) is 5.65. The third-order valence-electron chi connectivity index (χ3n) is 3.39. The quantitative estimate of drug-likeness (QED) is 0.687. The number of nitrogen functional groups attached to an aromatic ring is 1. The number of sulfonamides is 1. The van der Waals surface area contributed by atoms with Crippen molar-refractivity contribution in [2.75, 3.05) is 25.6 Å². The molecule has 0 aromatic heterocycles. The lowest BCUT2D eigenvalue weighted by molar-refractivity contribution is 0.0223. The molecule has 0 unspecified atom stereocenters. The van der Waals surface area contributed by atoms with Crippen molar-refractivity contribution in [3.8, 4) is 0 Å². The zero-order valence-electron chi connectivity index (χ0n) is 10.8. The maximum atomic E-state index is 12.4. The minimum atomic E-state index is -3.72. The summed E-state index contributed by atoms with van der Waals surface area (Å²) >= 11 is 3.21. The van der Waals surface area contributed by atoms with Crippen molar-refractivity contribution in [3.63, 3.8) is 0 Å². The second-order valence-electron chi connectivity index (χ2n) is 4.84. The van der Waals surface area contributed by atoms with Gasteiger partial charge in [-0.2, -0.15) is 0 Å². The summed E-state index contributed by atoms with van der Waals surface area (Å²) in [5, 5.41) is 9.54. The van der Waals surface area contributed by atoms with Gasteiger partial charge in [0, 0.05) is 23.4 Å². The fraction of sp³-hybridized carbons (Fsp3) is 0.500. The number of ether oxygens (including phenoxy) is 1. The fourth-order valence-electron chi connectivity index (χ4n) is 2.07. The van der Waals surface area contributed by atoms with Crippen molar-refractivity contribution in [1.82, 2.24) is 4.72 Å². The summed E-state index contributed by atoms with van der Waals surface area (Å²) in [6, 6.07) is 4.41. The molecule has 1 aliphatic rings. The Hall–Kier alpha value is -0.670. The van der Waals surface area contributed by atoms with Gasteiger partial charge in [-0.1, -0.05) is 0 Å². The van der Waals surface area contributed by atoms with Crippen molar-refractivity contribution >= 4 is 31.6 Å². The maximum absolute atomic E-state index is 12.4. The Bertz CT molecular complexity index is 585. The Morgan fingerprint density at radius 3 is 2.60 bits per heavy atom. The van der Waals surface area contributed by atoms with Crippen molar-refractivity contribution < 1.29 is 18.3 Å². The lowest BCUT2D eigenvalue weighted by atomic mass is 9.93. The highest BCUT2D eigenvalue weighted by Crippen LogP contribution is 2.26. The first-order chi connectivity index (χ1) is 9.38. The number of aliphatic hydroxyl groups excluding tert-OH is 1. The summed E-state index contributed by atoms with van der Waals surface area (Å²) < 4.78 is 33.1. The van der Waals surface area contributed by atoms with E-state index >= 15 is 0 Å². The summed E-state index contributed by atoms with van der Waals surface area (Å²) in [6.07, 6.45) is 0.887. The summed E-state index contributed by atoms with van der Waals surface area (Å²) in [5.41, 5.74) is 5.26. The van der Waals surface area contributed by atoms with Gasteiger partial charge in [0.05, 0.1) is 17.0 Å². The molecule has 1 saturated heterocycles. The molecule has 0 bridgehead atoms. The topological polar surface area (TPSA) is 102 Å². The fourth-order valence-corrected chi connectivity index (χ4v) is 4.08. The number of anilines is 1. The predicted molar refractivity (Wildman–Crippen MR) is 78.7 cm³/mol. The van der Waals surface area contributed by atoms with E-state index in [2.05, 4.69) is 20.7 Å². The van der Waals surface area contributed by atoms with Crippen LogP contribution >= 0.6 is 15.9 Å². The van der Waals surface area contributed by atoms with Crippen LogP contribution in [0.4, 0.5) is 5.69 Å². The highest BCUT2D eigenvalue weighted by Gasteiger charge is 2.36. The number of aliphatic hydroxyl groups is 1. The second-order valence-corrected chi connectivity index (χ2v) is 7.38. The van der Waals surface area contributed by atoms with Crippen LogP contribution in [0.1, 0.15) is 12.8 Å². The van der Waals surface area contributed by atoms with Crippen LogP contribution in [0.3, 0.4) is 0 Å². The van der Waals surface area contributed by atoms with E-state index in [4.69, 9.17) is 10.5 Å². The normalized spacial score (nSPS) is 18.9. The molecule has 0 saturated carbocycles. The average Bonchev–Trinajstić information content (AvgIpc) is 2.42. The summed E-state index contributed by atoms with van der Waals surface area (Å²) in [5.74, 6) is 0. The number of hydrogen-bond acceptors (Lipinski definition) is 5. The van der Waals surface area contributed by atoms with E-state index in [1.54, 1.807) is 0 Å². The monoisotopic (exact) mass is 364 g/mol. The van der Waals surface area contributed by atoms with Crippen LogP contribution in [0.2, 0.25) is 0 Å². The molecule has 1 fully saturated rings. The van der Waals surface area contributed by atoms with Crippen LogP contribution in [0.25, 0.3) is 0 Å². The molecule has 1 heterocycles. The van der Waals surface area contributed by atoms with E-state index in [9.17, 15) is 13.5 Å². The Morgan fingerprint density at radius 2 is 2.05 bits per heavy atom. The van der Waals surface area contributed by atoms with Gasteiger partial charge in [0.1, 0.15) is 0 Å². The highest BCUT2D eigenvalue weighted by atomic mass is 79.9. The van der Waals surface area contributed by atoms with E-state index in [1.165, 1.54) is 18.2 Å². The van der Waals surface area contributed by atoms with E-state index in [0.29, 0.717) is 36.2 Å². The Kier molecular flexibility index (Phi) is 4.70. The molecule has 4 N–H and O–H groups in total. The smallest absolute Gasteiger partial charge is 0.241 e. The zero-order chi connectivity index (χ0) is 14.8. The van der Waals surface area contributed by atoms with Crippen molar-refractivity contribution in [3.05, 3.63) is 22.7 Å². The molecule has 2 rings (SSSR count). The lowest BCUT2D eigenvalue weighted by Crippen LogP contribution is -2.54. The molecule has 0 radical (unpaired) electrons. The largest absolute Gasteiger partial charge is 0.398 e. The molecule has 0 amide bonds. The molecule has 0 spiro atoms. The molecule has 112 valence electrons. The minimum Gasteiger partial charge on any atom is -0.398 e. The van der Waals surface area contributed by atoms with Crippen LogP contribution in [0.15, 0.2) is 27.6 Å². The van der Waals surface area contributed by atoms with Crippen LogP contribution in [-0.2, 0) is 14.8 Å². The Morgan fingerprint density at radius 1 is 1.40 bits per heavy atom. The Labute approximate surface area is 126 Å². The number of nitrogens with one attached hydrogen (secondary N) is 1. The van der Waals surface area contributed by atoms with Crippen LogP contribution < -0.4 is 10.5 Å². The van der Waals surface area contributed by atoms with Crippen LogP contribution in [0.5, 0.6) is 0 Å². The zero-order valence-corrected chi connectivity index (χ0v) is 13.2. The lowest BCUT2D eigenvalue weighted by Gasteiger charge is -2.35. The van der Waals surface area contributed by atoms with Crippen LogP contribution in [-0.4, -0.2) is 38.9 Å². The molecule has 0 atom stereocenters. The average molecular weight is 365 g/mol. The van der Waals surface area contributed by atoms with Gasteiger partial charge in [-0.3, -0.25) is 0 Å². The summed E-state index contributed by atoms with van der Waals surface area (Å²) in [7, 11) is -3.72. The Balaban J connectivity index is 2.27. The molecule has 20 heavy (non-hydrogen) atoms. The van der Waals surface area contributed by atoms with Crippen molar-refractivity contribution in [2.45, 2.75) is 23.3 Å². The maximum Gasteiger partial charge on any atom is 0.241 e. The molecular formula is C12H17BrN2O4S. The molecule has 1 aliphatic heterocycles. The van der Waals surface area contributed by atoms with E-state index in [1.807, 2.05) is 0 Å². The number of nitrogens with two attached hydrogens (primary N) is 1. The minimum absolute atomic E-state index is 0.109. The van der Waals surface area contributed by atoms with Gasteiger partial charge < -0.3 is 15.6 Å². The first-order valence-corrected chi connectivity index (χ1v) is 8.44. The molecule has 8 heteroatoms. The van der Waals surface area contributed by atoms with E-state index < -0.39 is 15.6 Å². The number of rotatable bonds is 4. The third kappa shape index (κ3) is 3.32. The van der Waals surface area contributed by atoms with Crippen molar-refractivity contribution in [2.24, 2.45) is 0 Å². The summed E-state index contributed by atoms with van der Waals surface area (Å²) in [6.45, 7) is 0.592. The molecule has 6 nitrogen and oxygen atoms in total. The number of benzene rings is 1. The number of halogens is 1. The first-order valence-electron chi connectivity index (χ1n) is 6.16. The summed E-state index contributed by atoms with van der Waals surface area (Å²) in [4.78, 5) is 0.109. The van der Waals surface area contributed by atoms with E-state index in [0.717, 1.165) is 0 Å². The second kappa shape index (κ2) is 5.98. The van der Waals surface area contributed by atoms with Gasteiger partial charge in [-0.05, 0) is 47.0 Å². The van der Waals surface area contributed by atoms with Gasteiger partial charge in [-0.15, -0.1) is 0 Å². The molecular weight excluding hydrogens is 348 g/mol. The van der Waals surface area contributed by atoms with Gasteiger partial charge in [0.25, 0.3) is 0 Å². The van der Waals surface area contributed by atoms with Gasteiger partial charge in [0.2, 0.25) is 10.0 Å². The first kappa shape index (κ1) is 15.7. The molecule has 0 aliphatic carbocycles. The van der Waals surface area contributed by atoms with Gasteiger partial charge >= 0.3 is 0 Å². The standard InChI is InChI=1S/C12H17BrN2O4S/c13-10-7-9(1-2-11(10)14)20(17,18)15-12(8-16)3-5-19-6-4-12/h1-2,7,15-16H,3-6,8,14H2. The highest BCUT2D eigenvalue weighted by molar-refractivity contribution is 9.10. The predicted octanol–water partition coefficient (Wildman–Crippen LogP) is 0.851. The SMILES string of the molecule is Nc1ccc(S(=O)(=O)NC2(CO)CCOCC2)cc1Br.